The van der Waals surface area contributed by atoms with Gasteiger partial charge in [0.25, 0.3) is 0 Å². The summed E-state index contributed by atoms with van der Waals surface area (Å²) >= 11 is 1.36. The van der Waals surface area contributed by atoms with Crippen LogP contribution < -0.4 is 0 Å². The maximum atomic E-state index is 13.0. The molecule has 0 spiro atoms. The first-order chi connectivity index (χ1) is 9.72. The second-order valence-corrected chi connectivity index (χ2v) is 5.27. The van der Waals surface area contributed by atoms with E-state index in [0.717, 1.165) is 10.2 Å². The molecule has 3 aromatic rings. The number of hydrogen-bond donors (Lipinski definition) is 0. The quantitative estimate of drug-likeness (QED) is 0.529. The molecule has 98 valence electrons. The summed E-state index contributed by atoms with van der Waals surface area (Å²) < 4.78 is 14.0. The van der Waals surface area contributed by atoms with E-state index in [-0.39, 0.29) is 11.6 Å². The first-order valence-corrected chi connectivity index (χ1v) is 6.87. The maximum Gasteiger partial charge on any atom is 0.214 e. The van der Waals surface area contributed by atoms with Crippen LogP contribution in [-0.2, 0) is 0 Å². The number of rotatable bonds is 3. The Bertz CT molecular complexity index is 774. The van der Waals surface area contributed by atoms with Gasteiger partial charge in [-0.15, -0.1) is 11.3 Å². The summed E-state index contributed by atoms with van der Waals surface area (Å²) in [6.45, 7) is 0. The molecule has 0 aliphatic heterocycles. The van der Waals surface area contributed by atoms with Gasteiger partial charge in [-0.2, -0.15) is 0 Å². The number of aromatic nitrogens is 1. The highest BCUT2D eigenvalue weighted by Gasteiger charge is 2.08. The summed E-state index contributed by atoms with van der Waals surface area (Å²) in [4.78, 5) is 16.3. The predicted molar refractivity (Wildman–Crippen MR) is 79.4 cm³/mol. The third kappa shape index (κ3) is 2.65. The SMILES string of the molecule is O=C(C=Cc1cccc(F)c1)c1nc2ccccc2s1. The fourth-order valence-corrected chi connectivity index (χ4v) is 2.72. The molecule has 0 unspecified atom stereocenters. The van der Waals surface area contributed by atoms with E-state index in [2.05, 4.69) is 4.98 Å². The summed E-state index contributed by atoms with van der Waals surface area (Å²) in [7, 11) is 0. The van der Waals surface area contributed by atoms with Crippen LogP contribution in [0, 0.1) is 5.82 Å². The lowest BCUT2D eigenvalue weighted by Gasteiger charge is -1.92. The van der Waals surface area contributed by atoms with E-state index in [1.807, 2.05) is 24.3 Å². The zero-order chi connectivity index (χ0) is 13.9. The van der Waals surface area contributed by atoms with Crippen molar-refractivity contribution in [3.63, 3.8) is 0 Å². The molecule has 20 heavy (non-hydrogen) atoms. The number of hydrogen-bond acceptors (Lipinski definition) is 3. The zero-order valence-corrected chi connectivity index (χ0v) is 11.2. The fourth-order valence-electron chi connectivity index (χ4n) is 1.83. The summed E-state index contributed by atoms with van der Waals surface area (Å²) in [6.07, 6.45) is 3.02. The molecule has 0 amide bonds. The third-order valence-corrected chi connectivity index (χ3v) is 3.83. The average molecular weight is 283 g/mol. The number of carbonyl (C=O) groups is 1. The van der Waals surface area contributed by atoms with Crippen LogP contribution in [0.3, 0.4) is 0 Å². The molecule has 0 N–H and O–H groups in total. The number of para-hydroxylation sites is 1. The lowest BCUT2D eigenvalue weighted by Crippen LogP contribution is -1.92. The highest BCUT2D eigenvalue weighted by molar-refractivity contribution is 7.20. The van der Waals surface area contributed by atoms with E-state index >= 15 is 0 Å². The van der Waals surface area contributed by atoms with Gasteiger partial charge in [0, 0.05) is 0 Å². The Kier molecular flexibility index (Phi) is 3.39. The molecule has 0 bridgehead atoms. The lowest BCUT2D eigenvalue weighted by molar-refractivity contribution is 0.104. The third-order valence-electron chi connectivity index (χ3n) is 2.78. The van der Waals surface area contributed by atoms with Gasteiger partial charge in [0.2, 0.25) is 5.78 Å². The molecule has 4 heteroatoms. The van der Waals surface area contributed by atoms with Crippen LogP contribution in [0.15, 0.2) is 54.6 Å². The minimum absolute atomic E-state index is 0.171. The van der Waals surface area contributed by atoms with E-state index < -0.39 is 0 Å². The van der Waals surface area contributed by atoms with Crippen LogP contribution in [0.4, 0.5) is 4.39 Å². The fraction of sp³-hybridized carbons (Fsp3) is 0. The smallest absolute Gasteiger partial charge is 0.214 e. The van der Waals surface area contributed by atoms with Crippen molar-refractivity contribution >= 4 is 33.4 Å². The van der Waals surface area contributed by atoms with Gasteiger partial charge in [-0.3, -0.25) is 4.79 Å². The second kappa shape index (κ2) is 5.35. The molecule has 0 aliphatic rings. The van der Waals surface area contributed by atoms with E-state index in [1.54, 1.807) is 18.2 Å². The molecule has 3 rings (SSSR count). The number of nitrogens with zero attached hydrogens (tertiary/aromatic N) is 1. The van der Waals surface area contributed by atoms with Crippen LogP contribution in [0.1, 0.15) is 15.4 Å². The Labute approximate surface area is 119 Å². The molecule has 2 nitrogen and oxygen atoms in total. The zero-order valence-electron chi connectivity index (χ0n) is 10.4. The largest absolute Gasteiger partial charge is 0.287 e. The normalized spacial score (nSPS) is 11.2. The van der Waals surface area contributed by atoms with Crippen LogP contribution >= 0.6 is 11.3 Å². The number of benzene rings is 2. The second-order valence-electron chi connectivity index (χ2n) is 4.24. The molecular formula is C16H10FNOS. The number of allylic oxidation sites excluding steroid dienone is 1. The van der Waals surface area contributed by atoms with Crippen molar-refractivity contribution in [2.24, 2.45) is 0 Å². The summed E-state index contributed by atoms with van der Waals surface area (Å²) in [6, 6.07) is 13.7. The molecule has 0 radical (unpaired) electrons. The summed E-state index contributed by atoms with van der Waals surface area (Å²) in [5, 5.41) is 0.443. The molecule has 1 heterocycles. The van der Waals surface area contributed by atoms with Crippen molar-refractivity contribution in [3.05, 3.63) is 71.0 Å². The maximum absolute atomic E-state index is 13.0. The molecule has 0 aliphatic carbocycles. The van der Waals surface area contributed by atoms with E-state index in [1.165, 1.54) is 29.5 Å². The minimum Gasteiger partial charge on any atom is -0.287 e. The summed E-state index contributed by atoms with van der Waals surface area (Å²) in [5.41, 5.74) is 1.47. The van der Waals surface area contributed by atoms with Gasteiger partial charge < -0.3 is 0 Å². The van der Waals surface area contributed by atoms with Crippen molar-refractivity contribution in [2.75, 3.05) is 0 Å². The molecule has 0 fully saturated rings. The minimum atomic E-state index is -0.320. The lowest BCUT2D eigenvalue weighted by atomic mass is 10.2. The van der Waals surface area contributed by atoms with Crippen molar-refractivity contribution in [1.29, 1.82) is 0 Å². The molecule has 1 aromatic heterocycles. The number of carbonyl (C=O) groups excluding carboxylic acids is 1. The van der Waals surface area contributed by atoms with Crippen molar-refractivity contribution in [2.45, 2.75) is 0 Å². The Morgan fingerprint density at radius 1 is 1.15 bits per heavy atom. The Hall–Kier alpha value is -2.33. The van der Waals surface area contributed by atoms with Crippen LogP contribution in [-0.4, -0.2) is 10.8 Å². The monoisotopic (exact) mass is 283 g/mol. The molecule has 0 saturated heterocycles. The first kappa shape index (κ1) is 12.7. The van der Waals surface area contributed by atoms with E-state index in [4.69, 9.17) is 0 Å². The van der Waals surface area contributed by atoms with Crippen LogP contribution in [0.2, 0.25) is 0 Å². The number of halogens is 1. The first-order valence-electron chi connectivity index (χ1n) is 6.06. The van der Waals surface area contributed by atoms with Gasteiger partial charge in [-0.05, 0) is 35.9 Å². The topological polar surface area (TPSA) is 30.0 Å². The Balaban J connectivity index is 1.85. The highest BCUT2D eigenvalue weighted by atomic mass is 32.1. The van der Waals surface area contributed by atoms with Gasteiger partial charge in [-0.1, -0.05) is 30.3 Å². The number of thiazole rings is 1. The van der Waals surface area contributed by atoms with Gasteiger partial charge in [0.05, 0.1) is 10.2 Å². The van der Waals surface area contributed by atoms with Gasteiger partial charge in [-0.25, -0.2) is 9.37 Å². The van der Waals surface area contributed by atoms with Crippen molar-refractivity contribution in [3.8, 4) is 0 Å². The van der Waals surface area contributed by atoms with Crippen molar-refractivity contribution in [1.82, 2.24) is 4.98 Å². The van der Waals surface area contributed by atoms with Crippen molar-refractivity contribution < 1.29 is 9.18 Å². The standard InChI is InChI=1S/C16H10FNOS/c17-12-5-3-4-11(10-12)8-9-14(19)16-18-13-6-1-2-7-15(13)20-16/h1-10H. The van der Waals surface area contributed by atoms with Gasteiger partial charge in [0.15, 0.2) is 5.01 Å². The molecular weight excluding hydrogens is 273 g/mol. The molecule has 0 saturated carbocycles. The van der Waals surface area contributed by atoms with Gasteiger partial charge >= 0.3 is 0 Å². The molecule has 2 aromatic carbocycles. The Morgan fingerprint density at radius 3 is 2.80 bits per heavy atom. The Morgan fingerprint density at radius 2 is 2.00 bits per heavy atom. The van der Waals surface area contributed by atoms with E-state index in [9.17, 15) is 9.18 Å². The summed E-state index contributed by atoms with van der Waals surface area (Å²) in [5.74, 6) is -0.491. The van der Waals surface area contributed by atoms with Gasteiger partial charge in [0.1, 0.15) is 5.82 Å². The van der Waals surface area contributed by atoms with Crippen LogP contribution in [0.25, 0.3) is 16.3 Å². The molecule has 0 atom stereocenters. The average Bonchev–Trinajstić information content (AvgIpc) is 2.89. The highest BCUT2D eigenvalue weighted by Crippen LogP contribution is 2.22. The number of ketones is 1. The van der Waals surface area contributed by atoms with E-state index in [0.29, 0.717) is 10.6 Å². The number of fused-ring (bicyclic) bond motifs is 1. The predicted octanol–water partition coefficient (Wildman–Crippen LogP) is 4.33. The van der Waals surface area contributed by atoms with Crippen LogP contribution in [0.5, 0.6) is 0 Å².